The number of aryl methyl sites for hydroxylation is 1. The van der Waals surface area contributed by atoms with E-state index in [-0.39, 0.29) is 19.0 Å². The van der Waals surface area contributed by atoms with Crippen molar-refractivity contribution in [3.63, 3.8) is 0 Å². The highest BCUT2D eigenvalue weighted by Crippen LogP contribution is 2.31. The Morgan fingerprint density at radius 1 is 1.17 bits per heavy atom. The fourth-order valence-corrected chi connectivity index (χ4v) is 3.91. The molecule has 1 N–H and O–H groups in total. The Labute approximate surface area is 197 Å². The third-order valence-corrected chi connectivity index (χ3v) is 5.40. The van der Waals surface area contributed by atoms with Crippen LogP contribution in [-0.4, -0.2) is 30.5 Å². The Morgan fingerprint density at radius 3 is 2.80 bits per heavy atom. The van der Waals surface area contributed by atoms with E-state index in [9.17, 15) is 18.0 Å². The van der Waals surface area contributed by atoms with Crippen LogP contribution in [0.3, 0.4) is 0 Å². The molecule has 4 heterocycles. The zero-order chi connectivity index (χ0) is 24.6. The average Bonchev–Trinajstić information content (AvgIpc) is 3.55. The molecule has 35 heavy (non-hydrogen) atoms. The normalized spacial score (nSPS) is 11.8. The van der Waals surface area contributed by atoms with E-state index in [2.05, 4.69) is 20.5 Å². The van der Waals surface area contributed by atoms with Crippen LogP contribution in [0.5, 0.6) is 0 Å². The molecule has 0 saturated carbocycles. The third kappa shape index (κ3) is 4.65. The molecular weight excluding hydrogens is 461 g/mol. The van der Waals surface area contributed by atoms with Crippen LogP contribution in [0.15, 0.2) is 71.7 Å². The van der Waals surface area contributed by atoms with Gasteiger partial charge in [0.25, 0.3) is 0 Å². The van der Waals surface area contributed by atoms with Crippen LogP contribution in [-0.2, 0) is 24.1 Å². The van der Waals surface area contributed by atoms with E-state index in [1.54, 1.807) is 30.8 Å². The molecule has 0 atom stereocenters. The number of hydrogen-bond acceptors (Lipinski definition) is 5. The molecule has 4 aromatic heterocycles. The molecule has 1 aromatic carbocycles. The molecule has 0 aliphatic carbocycles. The van der Waals surface area contributed by atoms with Crippen molar-refractivity contribution in [1.82, 2.24) is 24.5 Å². The van der Waals surface area contributed by atoms with Gasteiger partial charge in [0.05, 0.1) is 41.3 Å². The number of rotatable bonds is 6. The Bertz CT molecular complexity index is 1500. The fourth-order valence-electron chi connectivity index (χ4n) is 3.91. The second kappa shape index (κ2) is 8.75. The lowest BCUT2D eigenvalue weighted by atomic mass is 10.1. The maximum absolute atomic E-state index is 12.9. The molecular formula is C24H19F3N6O2. The zero-order valence-electron chi connectivity index (χ0n) is 18.5. The summed E-state index contributed by atoms with van der Waals surface area (Å²) in [6, 6.07) is 10.5. The summed E-state index contributed by atoms with van der Waals surface area (Å²) in [5.41, 5.74) is 2.23. The van der Waals surface area contributed by atoms with Crippen LogP contribution in [0.1, 0.15) is 16.8 Å². The van der Waals surface area contributed by atoms with Gasteiger partial charge in [0.1, 0.15) is 12.3 Å². The molecule has 178 valence electrons. The van der Waals surface area contributed by atoms with Gasteiger partial charge in [-0.3, -0.25) is 9.48 Å². The van der Waals surface area contributed by atoms with Gasteiger partial charge in [-0.1, -0.05) is 12.1 Å². The van der Waals surface area contributed by atoms with E-state index >= 15 is 0 Å². The highest BCUT2D eigenvalue weighted by atomic mass is 19.4. The minimum absolute atomic E-state index is 0.0856. The van der Waals surface area contributed by atoms with E-state index in [0.717, 1.165) is 23.1 Å². The van der Waals surface area contributed by atoms with Crippen molar-refractivity contribution in [2.45, 2.75) is 26.2 Å². The topological polar surface area (TPSA) is 90.8 Å². The first kappa shape index (κ1) is 22.4. The van der Waals surface area contributed by atoms with Crippen LogP contribution in [0.2, 0.25) is 0 Å². The quantitative estimate of drug-likeness (QED) is 0.373. The lowest BCUT2D eigenvalue weighted by molar-refractivity contribution is -0.137. The van der Waals surface area contributed by atoms with E-state index in [1.807, 2.05) is 19.1 Å². The monoisotopic (exact) mass is 480 g/mol. The Kier molecular flexibility index (Phi) is 5.59. The summed E-state index contributed by atoms with van der Waals surface area (Å²) in [4.78, 5) is 17.1. The van der Waals surface area contributed by atoms with E-state index in [1.165, 1.54) is 21.6 Å². The number of benzene rings is 1. The largest absolute Gasteiger partial charge is 0.464 e. The first-order valence-electron chi connectivity index (χ1n) is 10.6. The van der Waals surface area contributed by atoms with Crippen LogP contribution in [0.25, 0.3) is 22.4 Å². The summed E-state index contributed by atoms with van der Waals surface area (Å²) in [5.74, 6) is 0.330. The predicted molar refractivity (Wildman–Crippen MR) is 121 cm³/mol. The van der Waals surface area contributed by atoms with Crippen molar-refractivity contribution in [1.29, 1.82) is 0 Å². The molecule has 0 spiro atoms. The average molecular weight is 480 g/mol. The molecule has 0 bridgehead atoms. The van der Waals surface area contributed by atoms with Crippen molar-refractivity contribution >= 4 is 22.6 Å². The fraction of sp³-hybridized carbons (Fsp3) is 0.167. The van der Waals surface area contributed by atoms with Gasteiger partial charge in [-0.15, -0.1) is 0 Å². The summed E-state index contributed by atoms with van der Waals surface area (Å²) in [5, 5.41) is 12.1. The van der Waals surface area contributed by atoms with Gasteiger partial charge in [-0.25, -0.2) is 9.67 Å². The number of hydrogen-bond donors (Lipinski definition) is 1. The van der Waals surface area contributed by atoms with E-state index in [4.69, 9.17) is 4.42 Å². The van der Waals surface area contributed by atoms with Crippen LogP contribution in [0, 0.1) is 6.92 Å². The minimum Gasteiger partial charge on any atom is -0.464 e. The lowest BCUT2D eigenvalue weighted by Gasteiger charge is -2.08. The van der Waals surface area contributed by atoms with Gasteiger partial charge in [-0.05, 0) is 42.8 Å². The summed E-state index contributed by atoms with van der Waals surface area (Å²) < 4.78 is 47.3. The summed E-state index contributed by atoms with van der Waals surface area (Å²) in [6.45, 7) is 1.88. The van der Waals surface area contributed by atoms with Crippen molar-refractivity contribution in [2.75, 3.05) is 5.32 Å². The van der Waals surface area contributed by atoms with Crippen molar-refractivity contribution < 1.29 is 22.4 Å². The maximum Gasteiger partial charge on any atom is 0.416 e. The number of aromatic nitrogens is 5. The number of nitrogens with one attached hydrogen (secondary N) is 1. The van der Waals surface area contributed by atoms with Crippen molar-refractivity contribution in [3.8, 4) is 11.3 Å². The van der Waals surface area contributed by atoms with E-state index < -0.39 is 11.7 Å². The number of amides is 1. The standard InChI is InChI=1S/C24H19F3N6O2/c1-15-22-19(20-6-3-9-35-20)7-8-28-23(22)33(31-15)14-21(34)30-18-11-29-32(13-18)12-16-4-2-5-17(10-16)24(25,26)27/h2-11,13H,12,14H2,1H3,(H,30,34). The first-order chi connectivity index (χ1) is 16.8. The number of furan rings is 1. The van der Waals surface area contributed by atoms with Crippen LogP contribution in [0.4, 0.5) is 18.9 Å². The summed E-state index contributed by atoms with van der Waals surface area (Å²) in [7, 11) is 0. The van der Waals surface area contributed by atoms with Gasteiger partial charge in [0.2, 0.25) is 5.91 Å². The minimum atomic E-state index is -4.41. The molecule has 11 heteroatoms. The van der Waals surface area contributed by atoms with Crippen LogP contribution < -0.4 is 5.32 Å². The molecule has 5 aromatic rings. The van der Waals surface area contributed by atoms with Crippen molar-refractivity contribution in [2.24, 2.45) is 0 Å². The lowest BCUT2D eigenvalue weighted by Crippen LogP contribution is -2.19. The second-order valence-corrected chi connectivity index (χ2v) is 7.95. The molecule has 1 amide bonds. The first-order valence-corrected chi connectivity index (χ1v) is 10.6. The van der Waals surface area contributed by atoms with Gasteiger partial charge >= 0.3 is 6.18 Å². The van der Waals surface area contributed by atoms with Crippen LogP contribution >= 0.6 is 0 Å². The smallest absolute Gasteiger partial charge is 0.416 e. The number of carbonyl (C=O) groups excluding carboxylic acids is 1. The Balaban J connectivity index is 1.29. The summed E-state index contributed by atoms with van der Waals surface area (Å²) >= 11 is 0. The molecule has 0 saturated heterocycles. The molecule has 8 nitrogen and oxygen atoms in total. The highest BCUT2D eigenvalue weighted by molar-refractivity contribution is 5.95. The Morgan fingerprint density at radius 2 is 2.03 bits per heavy atom. The van der Waals surface area contributed by atoms with Gasteiger partial charge in [0, 0.05) is 18.0 Å². The molecule has 0 fully saturated rings. The zero-order valence-corrected chi connectivity index (χ0v) is 18.5. The van der Waals surface area contributed by atoms with E-state index in [0.29, 0.717) is 28.4 Å². The SMILES string of the molecule is Cc1nn(CC(=O)Nc2cnn(Cc3cccc(C(F)(F)F)c3)c2)c2nccc(-c3ccco3)c12. The predicted octanol–water partition coefficient (Wildman–Crippen LogP) is 4.90. The summed E-state index contributed by atoms with van der Waals surface area (Å²) in [6.07, 6.45) is 1.79. The molecule has 0 aliphatic heterocycles. The number of nitrogens with zero attached hydrogens (tertiary/aromatic N) is 5. The Hall–Kier alpha value is -4.41. The number of carbonyl (C=O) groups is 1. The van der Waals surface area contributed by atoms with Gasteiger partial charge < -0.3 is 9.73 Å². The molecule has 5 rings (SSSR count). The maximum atomic E-state index is 12.9. The number of fused-ring (bicyclic) bond motifs is 1. The molecule has 0 radical (unpaired) electrons. The molecule has 0 aliphatic rings. The second-order valence-electron chi connectivity index (χ2n) is 7.95. The van der Waals surface area contributed by atoms with Gasteiger partial charge in [0.15, 0.2) is 5.65 Å². The highest BCUT2D eigenvalue weighted by Gasteiger charge is 2.30. The van der Waals surface area contributed by atoms with Gasteiger partial charge in [-0.2, -0.15) is 23.4 Å². The third-order valence-electron chi connectivity index (χ3n) is 5.40. The number of alkyl halides is 3. The number of halogens is 3. The molecule has 0 unspecified atom stereocenters. The number of anilines is 1. The number of pyridine rings is 1. The van der Waals surface area contributed by atoms with Crippen molar-refractivity contribution in [3.05, 3.63) is 84.1 Å².